The van der Waals surface area contributed by atoms with Gasteiger partial charge in [-0.3, -0.25) is 0 Å². The molecule has 2 aromatic carbocycles. The van der Waals surface area contributed by atoms with Crippen LogP contribution >= 0.6 is 0 Å². The van der Waals surface area contributed by atoms with Crippen molar-refractivity contribution in [1.29, 1.82) is 0 Å². The molecule has 0 aliphatic rings. The predicted molar refractivity (Wildman–Crippen MR) is 54.1 cm³/mol. The van der Waals surface area contributed by atoms with Crippen molar-refractivity contribution < 1.29 is 38.9 Å². The average Bonchev–Trinajstić information content (AvgIpc) is 2.82. The Labute approximate surface area is 112 Å². The molecule has 15 heavy (non-hydrogen) atoms. The van der Waals surface area contributed by atoms with Crippen LogP contribution in [0.4, 0.5) is 0 Å². The Kier molecular flexibility index (Phi) is 11.2. The number of rotatable bonds is 1. The molecule has 0 saturated heterocycles. The Morgan fingerprint density at radius 2 is 1.27 bits per heavy atom. The van der Waals surface area contributed by atoms with Crippen molar-refractivity contribution in [2.24, 2.45) is 0 Å². The second-order valence-electron chi connectivity index (χ2n) is 2.69. The van der Waals surface area contributed by atoms with Crippen LogP contribution in [-0.2, 0) is 34.1 Å². The van der Waals surface area contributed by atoms with E-state index in [0.29, 0.717) is 0 Å². The molecule has 0 saturated carbocycles. The molecule has 0 spiro atoms. The molecule has 3 heteroatoms. The van der Waals surface area contributed by atoms with Crippen LogP contribution < -0.4 is 0 Å². The van der Waals surface area contributed by atoms with Crippen LogP contribution in [0.25, 0.3) is 0 Å². The van der Waals surface area contributed by atoms with E-state index < -0.39 is 0 Å². The fourth-order valence-corrected chi connectivity index (χ4v) is 0.929. The van der Waals surface area contributed by atoms with Crippen molar-refractivity contribution in [3.8, 4) is 0 Å². The topological polar surface area (TPSA) is 17.1 Å². The van der Waals surface area contributed by atoms with Crippen LogP contribution in [0, 0.1) is 0 Å². The first-order chi connectivity index (χ1) is 6.30. The number of hydrogen-bond acceptors (Lipinski definition) is 1. The summed E-state index contributed by atoms with van der Waals surface area (Å²) in [6.07, 6.45) is 0. The summed E-state index contributed by atoms with van der Waals surface area (Å²) in [6, 6.07) is 17.3. The first kappa shape index (κ1) is 16.8. The van der Waals surface area contributed by atoms with Crippen LogP contribution in [0.1, 0.15) is 17.3 Å². The largest absolute Gasteiger partial charge is 0.748 e. The van der Waals surface area contributed by atoms with E-state index in [1.165, 1.54) is 0 Å². The molecule has 0 aliphatic carbocycles. The monoisotopic (exact) mass is 284 g/mol. The Balaban J connectivity index is 0. The van der Waals surface area contributed by atoms with Gasteiger partial charge in [0.15, 0.2) is 0 Å². The van der Waals surface area contributed by atoms with Gasteiger partial charge in [0.1, 0.15) is 5.78 Å². The maximum atomic E-state index is 10.5. The minimum Gasteiger partial charge on any atom is -0.748 e. The molecule has 2 rings (SSSR count). The van der Waals surface area contributed by atoms with Gasteiger partial charge in [0.25, 0.3) is 0 Å². The average molecular weight is 284 g/mol. The molecule has 2 aromatic rings. The van der Waals surface area contributed by atoms with Gasteiger partial charge in [-0.25, -0.2) is 12.1 Å². The fraction of sp³-hybridized carbons (Fsp3) is 0.0833. The minimum atomic E-state index is 0. The van der Waals surface area contributed by atoms with Crippen molar-refractivity contribution in [3.05, 3.63) is 60.2 Å². The summed E-state index contributed by atoms with van der Waals surface area (Å²) in [4.78, 5) is 10.5. The maximum Gasteiger partial charge on any atom is 0.105 e. The third kappa shape index (κ3) is 7.35. The number of carbonyl (C=O) groups excluding carboxylic acids is 1. The van der Waals surface area contributed by atoms with Gasteiger partial charge in [-0.05, 0) is 6.92 Å². The smallest absolute Gasteiger partial charge is 0.105 e. The summed E-state index contributed by atoms with van der Waals surface area (Å²) in [5.74, 6) is 0.134. The molecular weight excluding hydrogens is 272 g/mol. The van der Waals surface area contributed by atoms with Crippen molar-refractivity contribution in [3.63, 3.8) is 0 Å². The summed E-state index contributed by atoms with van der Waals surface area (Å²) in [5.41, 5.74) is 0.796. The molecule has 0 unspecified atom stereocenters. The molecule has 0 radical (unpaired) electrons. The van der Waals surface area contributed by atoms with Gasteiger partial charge in [0.2, 0.25) is 0 Å². The standard InChI is InChI=1S/C7H7O.C5H5.2Fe/c1-6(8)7-4-2-3-5-7;1-2-4-5-3-1;;/h2-5H,1H3;1-5H;;/q-1;-5;;. The molecule has 0 amide bonds. The molecule has 0 heterocycles. The minimum absolute atomic E-state index is 0. The molecule has 0 fully saturated rings. The van der Waals surface area contributed by atoms with E-state index in [4.69, 9.17) is 0 Å². The zero-order chi connectivity index (χ0) is 9.52. The Bertz CT molecular complexity index is 305. The van der Waals surface area contributed by atoms with Crippen molar-refractivity contribution in [2.45, 2.75) is 6.92 Å². The number of Topliss-reactive ketones (excluding diaryl/α,β-unsaturated/α-hetero) is 1. The third-order valence-corrected chi connectivity index (χ3v) is 1.62. The molecule has 0 aliphatic heterocycles. The zero-order valence-electron chi connectivity index (χ0n) is 8.31. The summed E-state index contributed by atoms with van der Waals surface area (Å²) in [7, 11) is 0. The molecule has 0 aromatic heterocycles. The van der Waals surface area contributed by atoms with Gasteiger partial charge in [0, 0.05) is 34.1 Å². The van der Waals surface area contributed by atoms with Crippen LogP contribution in [0.15, 0.2) is 54.6 Å². The zero-order valence-corrected chi connectivity index (χ0v) is 10.5. The summed E-state index contributed by atoms with van der Waals surface area (Å²) in [5, 5.41) is 0. The Morgan fingerprint density at radius 3 is 1.47 bits per heavy atom. The predicted octanol–water partition coefficient (Wildman–Crippen LogP) is 3.01. The maximum absolute atomic E-state index is 10.5. The number of carbonyl (C=O) groups is 1. The van der Waals surface area contributed by atoms with E-state index in [0.717, 1.165) is 5.56 Å². The fourth-order valence-electron chi connectivity index (χ4n) is 0.929. The Hall–Kier alpha value is -0.591. The van der Waals surface area contributed by atoms with Crippen molar-refractivity contribution >= 4 is 5.78 Å². The van der Waals surface area contributed by atoms with E-state index >= 15 is 0 Å². The van der Waals surface area contributed by atoms with Gasteiger partial charge < -0.3 is 35.1 Å². The van der Waals surface area contributed by atoms with E-state index in [9.17, 15) is 4.79 Å². The van der Waals surface area contributed by atoms with Gasteiger partial charge in [-0.1, -0.05) is 5.56 Å². The van der Waals surface area contributed by atoms with Crippen LogP contribution in [0.3, 0.4) is 0 Å². The summed E-state index contributed by atoms with van der Waals surface area (Å²) >= 11 is 0. The third-order valence-electron chi connectivity index (χ3n) is 1.62. The quantitative estimate of drug-likeness (QED) is 0.447. The number of ketones is 1. The van der Waals surface area contributed by atoms with Crippen LogP contribution in [0.5, 0.6) is 0 Å². The molecule has 0 N–H and O–H groups in total. The van der Waals surface area contributed by atoms with Gasteiger partial charge in [0.05, 0.1) is 0 Å². The van der Waals surface area contributed by atoms with Crippen molar-refractivity contribution in [1.82, 2.24) is 0 Å². The molecular formula is C12H12Fe2O-6. The molecule has 1 nitrogen and oxygen atoms in total. The van der Waals surface area contributed by atoms with Gasteiger partial charge >= 0.3 is 0 Å². The second-order valence-corrected chi connectivity index (χ2v) is 2.69. The van der Waals surface area contributed by atoms with Crippen LogP contribution in [0.2, 0.25) is 0 Å². The van der Waals surface area contributed by atoms with Gasteiger partial charge in [-0.15, -0.1) is 0 Å². The first-order valence-corrected chi connectivity index (χ1v) is 4.20. The molecule has 0 atom stereocenters. The SMILES string of the molecule is CC(=O)[c-]1cccc1.[Fe].[Fe].[cH-]1[cH-][cH-][cH-][cH-]1. The normalized spacial score (nSPS) is 7.53. The van der Waals surface area contributed by atoms with Crippen LogP contribution in [-0.4, -0.2) is 5.78 Å². The summed E-state index contributed by atoms with van der Waals surface area (Å²) < 4.78 is 0. The Morgan fingerprint density at radius 1 is 0.933 bits per heavy atom. The molecule has 88 valence electrons. The number of hydrogen-bond donors (Lipinski definition) is 0. The van der Waals surface area contributed by atoms with Gasteiger partial charge in [-0.2, -0.15) is 12.1 Å². The first-order valence-electron chi connectivity index (χ1n) is 4.20. The van der Waals surface area contributed by atoms with E-state index in [-0.39, 0.29) is 39.9 Å². The van der Waals surface area contributed by atoms with E-state index in [2.05, 4.69) is 0 Å². The van der Waals surface area contributed by atoms with E-state index in [1.807, 2.05) is 54.6 Å². The van der Waals surface area contributed by atoms with E-state index in [1.54, 1.807) is 6.92 Å². The second kappa shape index (κ2) is 9.94. The molecule has 0 bridgehead atoms. The summed E-state index contributed by atoms with van der Waals surface area (Å²) in [6.45, 7) is 1.56. The van der Waals surface area contributed by atoms with Crippen molar-refractivity contribution in [2.75, 3.05) is 0 Å².